The van der Waals surface area contributed by atoms with E-state index >= 15 is 0 Å². The lowest BCUT2D eigenvalue weighted by atomic mass is 9.57. The SMILES string of the molecule is CCOC(=O)N(C)[C@@H]1CC[C@@H]2[C@@H](C1)C[C@H]1C(=O)O[C@H](C)[C@H]1[C@H]2C(=O)Cl. The number of carbonyl (C=O) groups is 3. The molecule has 1 aliphatic heterocycles. The summed E-state index contributed by atoms with van der Waals surface area (Å²) < 4.78 is 10.5. The molecule has 3 fully saturated rings. The zero-order valence-electron chi connectivity index (χ0n) is 14.9. The predicted octanol–water partition coefficient (Wildman–Crippen LogP) is 2.82. The lowest BCUT2D eigenvalue weighted by Gasteiger charge is -2.48. The first-order valence-electron chi connectivity index (χ1n) is 9.14. The van der Waals surface area contributed by atoms with Gasteiger partial charge < -0.3 is 14.4 Å². The zero-order valence-corrected chi connectivity index (χ0v) is 15.7. The van der Waals surface area contributed by atoms with Gasteiger partial charge in [-0.25, -0.2) is 4.79 Å². The monoisotopic (exact) mass is 371 g/mol. The first-order valence-corrected chi connectivity index (χ1v) is 9.52. The molecular weight excluding hydrogens is 346 g/mol. The van der Waals surface area contributed by atoms with Crippen molar-refractivity contribution in [1.29, 1.82) is 0 Å². The van der Waals surface area contributed by atoms with Gasteiger partial charge in [0.25, 0.3) is 0 Å². The molecule has 25 heavy (non-hydrogen) atoms. The molecule has 2 saturated carbocycles. The van der Waals surface area contributed by atoms with E-state index in [2.05, 4.69) is 0 Å². The molecule has 2 aliphatic carbocycles. The van der Waals surface area contributed by atoms with E-state index in [1.165, 1.54) is 0 Å². The summed E-state index contributed by atoms with van der Waals surface area (Å²) in [6, 6.07) is 0.0674. The topological polar surface area (TPSA) is 72.9 Å². The molecule has 0 aromatic heterocycles. The van der Waals surface area contributed by atoms with E-state index in [0.717, 1.165) is 19.3 Å². The van der Waals surface area contributed by atoms with Gasteiger partial charge in [0.1, 0.15) is 6.10 Å². The Morgan fingerprint density at radius 3 is 2.68 bits per heavy atom. The standard InChI is InChI=1S/C18H26ClNO5/c1-4-24-18(23)20(3)11-5-6-12-10(7-11)8-13-14(15(12)16(19)21)9(2)25-17(13)22/h9-15H,4-8H2,1-3H3/t9-,10+,11-,12-,13-,14-,15+/m1/s1. The fraction of sp³-hybridized carbons (Fsp3) is 0.833. The van der Waals surface area contributed by atoms with Crippen LogP contribution in [0, 0.1) is 29.6 Å². The van der Waals surface area contributed by atoms with Gasteiger partial charge in [0.05, 0.1) is 12.5 Å². The first kappa shape index (κ1) is 18.5. The van der Waals surface area contributed by atoms with Gasteiger partial charge in [0.15, 0.2) is 0 Å². The Morgan fingerprint density at radius 2 is 2.04 bits per heavy atom. The minimum Gasteiger partial charge on any atom is -0.462 e. The van der Waals surface area contributed by atoms with Crippen molar-refractivity contribution in [2.24, 2.45) is 29.6 Å². The molecular formula is C18H26ClNO5. The van der Waals surface area contributed by atoms with Gasteiger partial charge >= 0.3 is 12.1 Å². The molecule has 1 amide bonds. The maximum atomic E-state index is 12.2. The van der Waals surface area contributed by atoms with Crippen LogP contribution in [-0.2, 0) is 19.1 Å². The van der Waals surface area contributed by atoms with Crippen molar-refractivity contribution in [2.45, 2.75) is 51.7 Å². The quantitative estimate of drug-likeness (QED) is 0.563. The maximum Gasteiger partial charge on any atom is 0.409 e. The van der Waals surface area contributed by atoms with Gasteiger partial charge in [0, 0.05) is 24.9 Å². The summed E-state index contributed by atoms with van der Waals surface area (Å²) in [4.78, 5) is 38.0. The van der Waals surface area contributed by atoms with E-state index in [9.17, 15) is 14.4 Å². The molecule has 0 aromatic rings. The molecule has 0 bridgehead atoms. The Balaban J connectivity index is 1.78. The minimum atomic E-state index is -0.355. The van der Waals surface area contributed by atoms with Crippen molar-refractivity contribution in [3.05, 3.63) is 0 Å². The average molecular weight is 372 g/mol. The van der Waals surface area contributed by atoms with Crippen molar-refractivity contribution >= 4 is 28.9 Å². The third kappa shape index (κ3) is 3.25. The molecule has 0 N–H and O–H groups in total. The summed E-state index contributed by atoms with van der Waals surface area (Å²) in [5.74, 6) is -0.549. The molecule has 0 radical (unpaired) electrons. The highest BCUT2D eigenvalue weighted by Gasteiger charge is 2.57. The van der Waals surface area contributed by atoms with Crippen molar-refractivity contribution in [1.82, 2.24) is 4.90 Å². The Bertz CT molecular complexity index is 568. The number of hydrogen-bond donors (Lipinski definition) is 0. The van der Waals surface area contributed by atoms with Crippen LogP contribution in [0.2, 0.25) is 0 Å². The zero-order chi connectivity index (χ0) is 18.3. The van der Waals surface area contributed by atoms with Gasteiger partial charge in [-0.05, 0) is 63.0 Å². The maximum absolute atomic E-state index is 12.2. The minimum absolute atomic E-state index is 0.0674. The van der Waals surface area contributed by atoms with Gasteiger partial charge in [-0.1, -0.05) is 0 Å². The summed E-state index contributed by atoms with van der Waals surface area (Å²) >= 11 is 5.96. The van der Waals surface area contributed by atoms with E-state index in [-0.39, 0.29) is 59.0 Å². The molecule has 140 valence electrons. The van der Waals surface area contributed by atoms with Crippen LogP contribution in [0.25, 0.3) is 0 Å². The van der Waals surface area contributed by atoms with Gasteiger partial charge in [-0.15, -0.1) is 0 Å². The number of amides is 1. The number of nitrogens with zero attached hydrogens (tertiary/aromatic N) is 1. The summed E-state index contributed by atoms with van der Waals surface area (Å²) in [5.41, 5.74) is 0. The summed E-state index contributed by atoms with van der Waals surface area (Å²) in [6.45, 7) is 3.99. The Hall–Kier alpha value is -1.30. The fourth-order valence-electron chi connectivity index (χ4n) is 5.29. The molecule has 0 aromatic carbocycles. The van der Waals surface area contributed by atoms with Crippen molar-refractivity contribution in [3.8, 4) is 0 Å². The summed E-state index contributed by atoms with van der Waals surface area (Å²) in [6.07, 6.45) is 2.55. The van der Waals surface area contributed by atoms with E-state index in [1.54, 1.807) is 18.9 Å². The molecule has 0 spiro atoms. The molecule has 7 atom stereocenters. The van der Waals surface area contributed by atoms with Crippen molar-refractivity contribution in [3.63, 3.8) is 0 Å². The third-order valence-corrected chi connectivity index (χ3v) is 6.68. The highest BCUT2D eigenvalue weighted by molar-refractivity contribution is 6.64. The number of halogens is 1. The van der Waals surface area contributed by atoms with Crippen LogP contribution < -0.4 is 0 Å². The molecule has 6 nitrogen and oxygen atoms in total. The van der Waals surface area contributed by atoms with Crippen molar-refractivity contribution < 1.29 is 23.9 Å². The lowest BCUT2D eigenvalue weighted by Crippen LogP contribution is -2.50. The van der Waals surface area contributed by atoms with E-state index in [4.69, 9.17) is 21.1 Å². The first-order chi connectivity index (χ1) is 11.8. The van der Waals surface area contributed by atoms with Crippen LogP contribution in [-0.4, -0.2) is 48.0 Å². The largest absolute Gasteiger partial charge is 0.462 e. The van der Waals surface area contributed by atoms with E-state index in [0.29, 0.717) is 13.0 Å². The number of carbonyl (C=O) groups excluding carboxylic acids is 3. The van der Waals surface area contributed by atoms with Crippen LogP contribution in [0.4, 0.5) is 4.79 Å². The van der Waals surface area contributed by atoms with Crippen molar-refractivity contribution in [2.75, 3.05) is 13.7 Å². The normalized spacial score (nSPS) is 39.8. The van der Waals surface area contributed by atoms with Crippen LogP contribution in [0.1, 0.15) is 39.5 Å². The smallest absolute Gasteiger partial charge is 0.409 e. The Morgan fingerprint density at radius 1 is 1.32 bits per heavy atom. The van der Waals surface area contributed by atoms with Crippen LogP contribution in [0.3, 0.4) is 0 Å². The van der Waals surface area contributed by atoms with Crippen LogP contribution >= 0.6 is 11.6 Å². The van der Waals surface area contributed by atoms with E-state index in [1.807, 2.05) is 6.92 Å². The number of cyclic esters (lactones) is 1. The predicted molar refractivity (Wildman–Crippen MR) is 90.9 cm³/mol. The van der Waals surface area contributed by atoms with Crippen LogP contribution in [0.15, 0.2) is 0 Å². The van der Waals surface area contributed by atoms with Gasteiger partial charge in [0.2, 0.25) is 5.24 Å². The second-order valence-electron chi connectivity index (χ2n) is 7.59. The summed E-state index contributed by atoms with van der Waals surface area (Å²) in [5, 5.41) is -0.355. The molecule has 1 heterocycles. The van der Waals surface area contributed by atoms with Gasteiger partial charge in [-0.2, -0.15) is 0 Å². The number of fused-ring (bicyclic) bond motifs is 2. The number of hydrogen-bond acceptors (Lipinski definition) is 5. The highest BCUT2D eigenvalue weighted by Crippen LogP contribution is 2.54. The average Bonchev–Trinajstić information content (AvgIpc) is 2.85. The number of rotatable bonds is 3. The highest BCUT2D eigenvalue weighted by atomic mass is 35.5. The number of esters is 1. The lowest BCUT2D eigenvalue weighted by molar-refractivity contribution is -0.144. The van der Waals surface area contributed by atoms with Crippen LogP contribution in [0.5, 0.6) is 0 Å². The second kappa shape index (κ2) is 7.14. The Kier molecular flexibility index (Phi) is 5.28. The van der Waals surface area contributed by atoms with Gasteiger partial charge in [-0.3, -0.25) is 9.59 Å². The molecule has 1 saturated heterocycles. The van der Waals surface area contributed by atoms with E-state index < -0.39 is 0 Å². The number of ether oxygens (including phenoxy) is 2. The summed E-state index contributed by atoms with van der Waals surface area (Å²) in [7, 11) is 1.75. The molecule has 3 rings (SSSR count). The fourth-order valence-corrected chi connectivity index (χ4v) is 5.60. The Labute approximate surface area is 153 Å². The molecule has 7 heteroatoms. The molecule has 0 unspecified atom stereocenters. The second-order valence-corrected chi connectivity index (χ2v) is 7.96. The third-order valence-electron chi connectivity index (χ3n) is 6.42. The molecule has 3 aliphatic rings.